The number of amides is 4. The van der Waals surface area contributed by atoms with Crippen molar-refractivity contribution in [1.29, 1.82) is 0 Å². The van der Waals surface area contributed by atoms with Crippen LogP contribution >= 0.6 is 0 Å². The molecule has 0 aromatic heterocycles. The summed E-state index contributed by atoms with van der Waals surface area (Å²) in [5.41, 5.74) is 2.18. The Balaban J connectivity index is 1.17. The first-order valence-electron chi connectivity index (χ1n) is 19.0. The predicted molar refractivity (Wildman–Crippen MR) is 201 cm³/mol. The number of ether oxygens (including phenoxy) is 1. The topological polar surface area (TPSA) is 149 Å². The Labute approximate surface area is 309 Å². The maximum Gasteiger partial charge on any atom is 0.407 e. The second-order valence-corrected chi connectivity index (χ2v) is 16.8. The van der Waals surface area contributed by atoms with Crippen LogP contribution in [0.4, 0.5) is 4.79 Å². The van der Waals surface area contributed by atoms with Crippen molar-refractivity contribution in [3.63, 3.8) is 0 Å². The normalized spacial score (nSPS) is 25.7. The van der Waals surface area contributed by atoms with Crippen LogP contribution < -0.4 is 21.3 Å². The minimum atomic E-state index is -0.753. The van der Waals surface area contributed by atoms with Gasteiger partial charge in [-0.2, -0.15) is 0 Å². The maximum atomic E-state index is 14.1. The Bertz CT molecular complexity index is 1610. The van der Waals surface area contributed by atoms with Gasteiger partial charge in [0, 0.05) is 25.7 Å². The quantitative estimate of drug-likeness (QED) is 0.180. The highest BCUT2D eigenvalue weighted by atomic mass is 16.6. The van der Waals surface area contributed by atoms with Gasteiger partial charge >= 0.3 is 6.09 Å². The summed E-state index contributed by atoms with van der Waals surface area (Å²) in [4.78, 5) is 54.8. The standard InChI is InChI=1S/C41H59N5O6/c1-26(2)20-33(36(49)42-17-11-18-43-38(51)52-39(4,5)6)45-35(48)24-44-37(50)41(29-12-9-8-10-13-29)23-30(41)25-46-19-16-40(7)27(3)34(46)21-28-14-15-31(47)22-32(28)40/h8-10,12-15,22,26-27,30,33-34,47H,11,16-21,23-25H2,1-7H3,(H,42,49)(H,43,51)(H,44,50)(H,45,48)/t27-,30-,33+,34-,40-,41+/m1/s1. The summed E-state index contributed by atoms with van der Waals surface area (Å²) in [6, 6.07) is 15.3. The molecular formula is C41H59N5O6. The second-order valence-electron chi connectivity index (χ2n) is 16.8. The zero-order valence-corrected chi connectivity index (χ0v) is 32.0. The van der Waals surface area contributed by atoms with E-state index in [-0.39, 0.29) is 35.6 Å². The van der Waals surface area contributed by atoms with Gasteiger partial charge in [0.15, 0.2) is 0 Å². The average molecular weight is 718 g/mol. The lowest BCUT2D eigenvalue weighted by molar-refractivity contribution is -0.130. The molecule has 2 aromatic rings. The lowest BCUT2D eigenvalue weighted by Crippen LogP contribution is -2.58. The number of benzene rings is 2. The van der Waals surface area contributed by atoms with Crippen LogP contribution in [0.15, 0.2) is 48.5 Å². The van der Waals surface area contributed by atoms with Gasteiger partial charge in [-0.1, -0.05) is 64.1 Å². The first-order valence-corrected chi connectivity index (χ1v) is 19.0. The van der Waals surface area contributed by atoms with Gasteiger partial charge in [0.2, 0.25) is 17.7 Å². The monoisotopic (exact) mass is 717 g/mol. The molecule has 4 amide bonds. The maximum absolute atomic E-state index is 14.1. The van der Waals surface area contributed by atoms with Crippen LogP contribution in [0, 0.1) is 17.8 Å². The van der Waals surface area contributed by atoms with Crippen LogP contribution in [0.1, 0.15) is 90.8 Å². The summed E-state index contributed by atoms with van der Waals surface area (Å²) < 4.78 is 5.23. The lowest BCUT2D eigenvalue weighted by atomic mass is 9.59. The van der Waals surface area contributed by atoms with Gasteiger partial charge in [0.25, 0.3) is 0 Å². The summed E-state index contributed by atoms with van der Waals surface area (Å²) >= 11 is 0. The van der Waals surface area contributed by atoms with Crippen LogP contribution in [0.3, 0.4) is 0 Å². The van der Waals surface area contributed by atoms with E-state index < -0.39 is 29.1 Å². The number of carbonyl (C=O) groups excluding carboxylic acids is 4. The number of nitrogens with zero attached hydrogens (tertiary/aromatic N) is 1. The number of alkyl carbamates (subject to hydrolysis) is 1. The van der Waals surface area contributed by atoms with Gasteiger partial charge in [-0.15, -0.1) is 0 Å². The highest BCUT2D eigenvalue weighted by Crippen LogP contribution is 2.56. The largest absolute Gasteiger partial charge is 0.508 e. The molecular weight excluding hydrogens is 658 g/mol. The third kappa shape index (κ3) is 8.90. The fourth-order valence-corrected chi connectivity index (χ4v) is 8.45. The van der Waals surface area contributed by atoms with Gasteiger partial charge in [0.1, 0.15) is 17.4 Å². The van der Waals surface area contributed by atoms with Gasteiger partial charge in [0.05, 0.1) is 12.0 Å². The molecule has 2 bridgehead atoms. The minimum Gasteiger partial charge on any atom is -0.508 e. The number of nitrogens with one attached hydrogen (secondary N) is 4. The van der Waals surface area contributed by atoms with Crippen molar-refractivity contribution in [2.75, 3.05) is 32.7 Å². The van der Waals surface area contributed by atoms with Crippen molar-refractivity contribution in [2.45, 2.75) is 109 Å². The van der Waals surface area contributed by atoms with Crippen LogP contribution in [0.2, 0.25) is 0 Å². The fourth-order valence-electron chi connectivity index (χ4n) is 8.45. The Morgan fingerprint density at radius 3 is 2.42 bits per heavy atom. The van der Waals surface area contributed by atoms with Crippen molar-refractivity contribution in [3.05, 3.63) is 65.2 Å². The van der Waals surface area contributed by atoms with Crippen molar-refractivity contribution < 1.29 is 29.0 Å². The number of rotatable bonds is 14. The van der Waals surface area contributed by atoms with Crippen LogP contribution in [0.5, 0.6) is 5.75 Å². The predicted octanol–water partition coefficient (Wildman–Crippen LogP) is 4.55. The van der Waals surface area contributed by atoms with E-state index in [0.29, 0.717) is 50.1 Å². The highest BCUT2D eigenvalue weighted by molar-refractivity contribution is 5.95. The molecule has 0 spiro atoms. The van der Waals surface area contributed by atoms with Gasteiger partial charge in [-0.25, -0.2) is 4.79 Å². The Morgan fingerprint density at radius 1 is 1.02 bits per heavy atom. The van der Waals surface area contributed by atoms with Crippen molar-refractivity contribution >= 4 is 23.8 Å². The third-order valence-corrected chi connectivity index (χ3v) is 11.5. The number of phenols is 1. The molecule has 1 saturated heterocycles. The van der Waals surface area contributed by atoms with Crippen LogP contribution in [-0.2, 0) is 36.4 Å². The Morgan fingerprint density at radius 2 is 1.73 bits per heavy atom. The fraction of sp³-hybridized carbons (Fsp3) is 0.610. The van der Waals surface area contributed by atoms with E-state index in [0.717, 1.165) is 31.5 Å². The van der Waals surface area contributed by atoms with E-state index >= 15 is 0 Å². The molecule has 2 fully saturated rings. The zero-order chi connectivity index (χ0) is 37.8. The number of aromatic hydroxyl groups is 1. The summed E-state index contributed by atoms with van der Waals surface area (Å²) in [6.45, 7) is 16.1. The highest BCUT2D eigenvalue weighted by Gasteiger charge is 2.62. The molecule has 1 aliphatic heterocycles. The summed E-state index contributed by atoms with van der Waals surface area (Å²) in [7, 11) is 0. The van der Waals surface area contributed by atoms with E-state index in [1.807, 2.05) is 50.2 Å². The molecule has 6 atom stereocenters. The average Bonchev–Trinajstić information content (AvgIpc) is 3.80. The minimum absolute atomic E-state index is 0.0123. The molecule has 1 heterocycles. The van der Waals surface area contributed by atoms with Crippen molar-refractivity contribution in [3.8, 4) is 5.75 Å². The summed E-state index contributed by atoms with van der Waals surface area (Å²) in [6.07, 6.45) is 3.03. The SMILES string of the molecule is CC(C)C[C@H](NC(=O)CNC(=O)[C@]1(c2ccccc2)C[C@@H]1CN1CC[C@@]2(C)c3cc(O)ccc3C[C@@H]1[C@H]2C)C(=O)NCCCNC(=O)OC(C)(C)C. The first-order chi connectivity index (χ1) is 24.5. The molecule has 0 unspecified atom stereocenters. The number of hydrogen-bond acceptors (Lipinski definition) is 7. The molecule has 5 N–H and O–H groups in total. The molecule has 11 nitrogen and oxygen atoms in total. The first kappa shape index (κ1) is 39.1. The molecule has 284 valence electrons. The third-order valence-electron chi connectivity index (χ3n) is 11.5. The Kier molecular flexibility index (Phi) is 11.9. The number of piperidine rings is 1. The molecule has 0 radical (unpaired) electrons. The zero-order valence-electron chi connectivity index (χ0n) is 32.0. The number of phenolic OH excluding ortho intramolecular Hbond substituents is 1. The number of carbonyl (C=O) groups is 4. The smallest absolute Gasteiger partial charge is 0.407 e. The van der Waals surface area contributed by atoms with Crippen molar-refractivity contribution in [1.82, 2.24) is 26.2 Å². The Hall–Kier alpha value is -4.12. The van der Waals surface area contributed by atoms with E-state index in [4.69, 9.17) is 4.74 Å². The number of hydrogen-bond donors (Lipinski definition) is 5. The van der Waals surface area contributed by atoms with Gasteiger partial charge in [-0.05, 0) is 111 Å². The molecule has 2 aromatic carbocycles. The molecule has 11 heteroatoms. The number of likely N-dealkylation sites (tertiary alicyclic amines) is 1. The lowest BCUT2D eigenvalue weighted by Gasteiger charge is -2.55. The van der Waals surface area contributed by atoms with Crippen molar-refractivity contribution in [2.24, 2.45) is 17.8 Å². The van der Waals surface area contributed by atoms with E-state index in [2.05, 4.69) is 46.1 Å². The number of fused-ring (bicyclic) bond motifs is 4. The molecule has 1 saturated carbocycles. The van der Waals surface area contributed by atoms with Crippen LogP contribution in [-0.4, -0.2) is 84.2 Å². The van der Waals surface area contributed by atoms with E-state index in [9.17, 15) is 24.3 Å². The molecule has 2 aliphatic carbocycles. The van der Waals surface area contributed by atoms with Gasteiger partial charge in [-0.3, -0.25) is 19.3 Å². The second kappa shape index (κ2) is 15.9. The summed E-state index contributed by atoms with van der Waals surface area (Å²) in [5, 5.41) is 21.6. The molecule has 3 aliphatic rings. The van der Waals surface area contributed by atoms with E-state index in [1.54, 1.807) is 26.8 Å². The van der Waals surface area contributed by atoms with Gasteiger partial charge < -0.3 is 31.1 Å². The molecule has 5 rings (SSSR count). The molecule has 52 heavy (non-hydrogen) atoms. The summed E-state index contributed by atoms with van der Waals surface area (Å²) in [5.74, 6) is 0.0649. The van der Waals surface area contributed by atoms with E-state index in [1.165, 1.54) is 11.1 Å². The van der Waals surface area contributed by atoms with Crippen LogP contribution in [0.25, 0.3) is 0 Å².